The number of rotatable bonds is 4. The van der Waals surface area contributed by atoms with E-state index in [1.54, 1.807) is 6.92 Å². The number of pyridine rings is 1. The Morgan fingerprint density at radius 3 is 2.30 bits per heavy atom. The van der Waals surface area contributed by atoms with Gasteiger partial charge in [0.2, 0.25) is 14.2 Å². The quantitative estimate of drug-likeness (QED) is 0.247. The second-order valence-electron chi connectivity index (χ2n) is 17.7. The highest BCUT2D eigenvalue weighted by atomic mass is 28.4. The number of nitrogens with zero attached hydrogens (tertiary/aromatic N) is 2. The molecule has 6 atom stereocenters. The number of aromatic nitrogens is 1. The summed E-state index contributed by atoms with van der Waals surface area (Å²) in [6.45, 7) is 17.8. The van der Waals surface area contributed by atoms with E-state index in [1.807, 2.05) is 49.4 Å². The van der Waals surface area contributed by atoms with Crippen LogP contribution in [0.1, 0.15) is 118 Å². The molecule has 1 aromatic heterocycles. The zero-order valence-electron chi connectivity index (χ0n) is 32.6. The number of hydrogen-bond acceptors (Lipinski definition) is 8. The second-order valence-corrected chi connectivity index (χ2v) is 23.1. The van der Waals surface area contributed by atoms with Gasteiger partial charge >= 0.3 is 5.97 Å². The highest BCUT2D eigenvalue weighted by Gasteiger charge is 2.82. The first-order chi connectivity index (χ1) is 25.0. The molecule has 2 saturated carbocycles. The minimum atomic E-state index is -2.20. The Bertz CT molecular complexity index is 1830. The van der Waals surface area contributed by atoms with E-state index in [0.29, 0.717) is 43.5 Å². The zero-order chi connectivity index (χ0) is 38.1. The summed E-state index contributed by atoms with van der Waals surface area (Å²) in [5.41, 5.74) is 4.88. The van der Waals surface area contributed by atoms with Gasteiger partial charge in [-0.1, -0.05) is 71.9 Å². The Morgan fingerprint density at radius 2 is 1.62 bits per heavy atom. The SMILES string of the molecule is CC(C)[Si]1(OC2CCC3(/C=C/c4ccc5ccc(nc5c4)[C@@H](C)NC(=O)[C@@H]4CCCN(N4)C(=O)[C@H](C)NC(=O)[C@H](C4CC4)OC3=O)C2)C(C)(C)C1(C)C. The van der Waals surface area contributed by atoms with Gasteiger partial charge in [0.15, 0.2) is 6.10 Å². The predicted molar refractivity (Wildman–Crippen MR) is 206 cm³/mol. The smallest absolute Gasteiger partial charge is 0.316 e. The van der Waals surface area contributed by atoms with Gasteiger partial charge in [-0.05, 0) is 92.1 Å². The molecule has 2 unspecified atom stereocenters. The summed E-state index contributed by atoms with van der Waals surface area (Å²) in [4.78, 5) is 60.4. The lowest BCUT2D eigenvalue weighted by molar-refractivity contribution is -0.165. The van der Waals surface area contributed by atoms with Gasteiger partial charge in [0, 0.05) is 24.0 Å². The molecular weight excluding hydrogens is 687 g/mol. The van der Waals surface area contributed by atoms with Crippen molar-refractivity contribution in [3.05, 3.63) is 47.7 Å². The van der Waals surface area contributed by atoms with E-state index in [9.17, 15) is 19.2 Å². The largest absolute Gasteiger partial charge is 0.451 e. The fourth-order valence-corrected chi connectivity index (χ4v) is 17.3. The molecule has 2 aromatic rings. The van der Waals surface area contributed by atoms with Crippen LogP contribution in [0.4, 0.5) is 0 Å². The van der Waals surface area contributed by atoms with Crippen molar-refractivity contribution in [1.82, 2.24) is 26.1 Å². The number of fused-ring (bicyclic) bond motifs is 4. The minimum Gasteiger partial charge on any atom is -0.451 e. The van der Waals surface area contributed by atoms with Crippen LogP contribution in [0, 0.1) is 11.3 Å². The predicted octanol–water partition coefficient (Wildman–Crippen LogP) is 6.25. The van der Waals surface area contributed by atoms with E-state index >= 15 is 0 Å². The lowest BCUT2D eigenvalue weighted by atomic mass is 9.85. The number of hydrazine groups is 1. The second kappa shape index (κ2) is 13.6. The Hall–Kier alpha value is -3.61. The molecule has 12 heteroatoms. The summed E-state index contributed by atoms with van der Waals surface area (Å²) in [6, 6.07) is 8.05. The number of carbonyl (C=O) groups is 4. The van der Waals surface area contributed by atoms with Crippen LogP contribution in [0.2, 0.25) is 15.6 Å². The molecule has 2 saturated heterocycles. The van der Waals surface area contributed by atoms with E-state index in [-0.39, 0.29) is 40.0 Å². The lowest BCUT2D eigenvalue weighted by Crippen LogP contribution is -2.61. The van der Waals surface area contributed by atoms with E-state index in [2.05, 4.69) is 57.6 Å². The average Bonchev–Trinajstić information content (AvgIpc) is 3.96. The molecule has 53 heavy (non-hydrogen) atoms. The van der Waals surface area contributed by atoms with E-state index < -0.39 is 43.8 Å². The standard InChI is InChI=1S/C41H57N5O6Si/c1-24(2)53(39(5,6)40(53,7)8)52-30-18-20-41(23-30)19-17-27-11-12-28-15-16-31(44-33(28)22-27)25(3)42-35(47)32-10-9-21-46(45-32)37(49)26(4)43-36(48)34(29-13-14-29)51-38(41)50/h11-12,15-17,19,22,24-26,29-30,32,34,45H,9-10,13-14,18,20-21,23H2,1-8H3,(H,42,47)(H,43,48)/b19-17+/t25-,26+,30?,32+,34+,41?/m1/s1. The van der Waals surface area contributed by atoms with Crippen LogP contribution in [0.5, 0.6) is 0 Å². The number of ether oxygens (including phenoxy) is 1. The van der Waals surface area contributed by atoms with E-state index in [4.69, 9.17) is 14.1 Å². The van der Waals surface area contributed by atoms with Crippen molar-refractivity contribution >= 4 is 49.0 Å². The average molecular weight is 744 g/mol. The third-order valence-electron chi connectivity index (χ3n) is 13.6. The molecule has 3 aliphatic heterocycles. The van der Waals surface area contributed by atoms with Crippen LogP contribution in [-0.4, -0.2) is 72.8 Å². The number of nitrogens with one attached hydrogen (secondary N) is 3. The molecule has 5 bridgehead atoms. The van der Waals surface area contributed by atoms with Crippen LogP contribution < -0.4 is 16.1 Å². The number of cyclic esters (lactones) is 1. The Morgan fingerprint density at radius 1 is 0.925 bits per heavy atom. The number of carbonyl (C=O) groups excluding carboxylic acids is 4. The molecule has 0 radical (unpaired) electrons. The van der Waals surface area contributed by atoms with Crippen molar-refractivity contribution in [1.29, 1.82) is 0 Å². The molecule has 1 aromatic carbocycles. The minimum absolute atomic E-state index is 0.0976. The van der Waals surface area contributed by atoms with Gasteiger partial charge in [0.1, 0.15) is 12.1 Å². The first kappa shape index (κ1) is 37.7. The zero-order valence-corrected chi connectivity index (χ0v) is 33.6. The fourth-order valence-electron chi connectivity index (χ4n) is 9.83. The van der Waals surface area contributed by atoms with Crippen molar-refractivity contribution in [3.8, 4) is 0 Å². The number of benzene rings is 1. The van der Waals surface area contributed by atoms with Gasteiger partial charge in [-0.3, -0.25) is 29.2 Å². The molecule has 1 spiro atoms. The van der Waals surface area contributed by atoms with Crippen LogP contribution in [0.25, 0.3) is 17.0 Å². The lowest BCUT2D eigenvalue weighted by Gasteiger charge is -2.35. The van der Waals surface area contributed by atoms with Crippen molar-refractivity contribution in [2.75, 3.05) is 6.54 Å². The summed E-state index contributed by atoms with van der Waals surface area (Å²) in [5.74, 6) is -1.58. The van der Waals surface area contributed by atoms with Gasteiger partial charge in [-0.25, -0.2) is 5.43 Å². The maximum Gasteiger partial charge on any atom is 0.316 e. The van der Waals surface area contributed by atoms with Crippen LogP contribution in [0.15, 0.2) is 36.4 Å². The van der Waals surface area contributed by atoms with E-state index in [1.165, 1.54) is 5.01 Å². The molecular formula is C41H57N5O6Si. The van der Waals surface area contributed by atoms with Crippen LogP contribution in [-0.2, 0) is 28.3 Å². The van der Waals surface area contributed by atoms with Crippen molar-refractivity contribution in [2.24, 2.45) is 11.3 Å². The van der Waals surface area contributed by atoms with Crippen molar-refractivity contribution in [2.45, 2.75) is 146 Å². The van der Waals surface area contributed by atoms with Gasteiger partial charge in [-0.15, -0.1) is 0 Å². The highest BCUT2D eigenvalue weighted by molar-refractivity contribution is 6.92. The van der Waals surface area contributed by atoms with Gasteiger partial charge < -0.3 is 19.8 Å². The molecule has 286 valence electrons. The number of amides is 3. The third-order valence-corrected chi connectivity index (χ3v) is 20.7. The fraction of sp³-hybridized carbons (Fsp3) is 0.634. The van der Waals surface area contributed by atoms with E-state index in [0.717, 1.165) is 35.7 Å². The maximum absolute atomic E-state index is 14.6. The first-order valence-electron chi connectivity index (χ1n) is 19.7. The summed E-state index contributed by atoms with van der Waals surface area (Å²) in [5, 5.41) is 8.50. The van der Waals surface area contributed by atoms with Gasteiger partial charge in [0.25, 0.3) is 11.8 Å². The van der Waals surface area contributed by atoms with Gasteiger partial charge in [-0.2, -0.15) is 0 Å². The molecule has 2 aliphatic carbocycles. The molecule has 3 amide bonds. The van der Waals surface area contributed by atoms with Gasteiger partial charge in [0.05, 0.1) is 22.7 Å². The third kappa shape index (κ3) is 6.52. The number of hydrogen-bond donors (Lipinski definition) is 3. The Balaban J connectivity index is 1.24. The first-order valence-corrected chi connectivity index (χ1v) is 21.7. The Kier molecular flexibility index (Phi) is 9.67. The molecule has 4 heterocycles. The normalized spacial score (nSPS) is 33.5. The molecule has 4 fully saturated rings. The summed E-state index contributed by atoms with van der Waals surface area (Å²) in [7, 11) is -2.20. The van der Waals surface area contributed by atoms with Crippen LogP contribution >= 0.6 is 0 Å². The Labute approximate surface area is 314 Å². The summed E-state index contributed by atoms with van der Waals surface area (Å²) in [6.07, 6.45) is 7.27. The molecule has 5 aliphatic rings. The van der Waals surface area contributed by atoms with Crippen molar-refractivity contribution in [3.63, 3.8) is 0 Å². The number of esters is 1. The summed E-state index contributed by atoms with van der Waals surface area (Å²) < 4.78 is 13.5. The summed E-state index contributed by atoms with van der Waals surface area (Å²) >= 11 is 0. The molecule has 11 nitrogen and oxygen atoms in total. The topological polar surface area (TPSA) is 139 Å². The highest BCUT2D eigenvalue weighted by Crippen LogP contribution is 2.84. The maximum atomic E-state index is 14.6. The monoisotopic (exact) mass is 743 g/mol. The van der Waals surface area contributed by atoms with Crippen LogP contribution in [0.3, 0.4) is 0 Å². The van der Waals surface area contributed by atoms with Crippen molar-refractivity contribution < 1.29 is 28.3 Å². The molecule has 7 rings (SSSR count). The molecule has 3 N–H and O–H groups in total.